The highest BCUT2D eigenvalue weighted by molar-refractivity contribution is 5.97. The van der Waals surface area contributed by atoms with Crippen LogP contribution in [0.1, 0.15) is 57.7 Å². The first-order chi connectivity index (χ1) is 22.0. The van der Waals surface area contributed by atoms with Crippen molar-refractivity contribution in [2.24, 2.45) is 5.92 Å². The molecule has 0 saturated carbocycles. The van der Waals surface area contributed by atoms with E-state index >= 15 is 0 Å². The molecule has 0 saturated heterocycles. The SMILES string of the molecule is CC[C@@H](C)[C@H](Nc1ccc2c(cc1=O)[C@@H](NC(C)=O)CCc1cc(OC)c(OC)c(OC)c1-2)C(=O)Nc1ccc(NC(C)=O)cc1. The molecule has 0 aliphatic heterocycles. The Hall–Kier alpha value is -5.06. The molecular weight excluding hydrogens is 588 g/mol. The van der Waals surface area contributed by atoms with E-state index in [1.54, 1.807) is 44.6 Å². The summed E-state index contributed by atoms with van der Waals surface area (Å²) in [5.74, 6) is 0.524. The predicted molar refractivity (Wildman–Crippen MR) is 179 cm³/mol. The zero-order chi connectivity index (χ0) is 33.5. The molecule has 0 bridgehead atoms. The Bertz CT molecular complexity index is 1670. The van der Waals surface area contributed by atoms with Gasteiger partial charge in [-0.05, 0) is 77.9 Å². The average Bonchev–Trinajstić information content (AvgIpc) is 3.27. The molecule has 0 spiro atoms. The van der Waals surface area contributed by atoms with E-state index in [0.717, 1.165) is 11.1 Å². The Morgan fingerprint density at radius 2 is 1.52 bits per heavy atom. The first kappa shape index (κ1) is 33.8. The maximum absolute atomic E-state index is 13.9. The van der Waals surface area contributed by atoms with Gasteiger partial charge in [0.25, 0.3) is 0 Å². The molecule has 3 aromatic rings. The van der Waals surface area contributed by atoms with Crippen molar-refractivity contribution in [3.63, 3.8) is 0 Å². The van der Waals surface area contributed by atoms with Crippen LogP contribution in [0.5, 0.6) is 17.2 Å². The van der Waals surface area contributed by atoms with Crippen LogP contribution in [0.15, 0.2) is 53.3 Å². The Morgan fingerprint density at radius 3 is 2.09 bits per heavy atom. The smallest absolute Gasteiger partial charge is 0.247 e. The Morgan fingerprint density at radius 1 is 0.870 bits per heavy atom. The van der Waals surface area contributed by atoms with E-state index in [-0.39, 0.29) is 34.8 Å². The van der Waals surface area contributed by atoms with Gasteiger partial charge in [0.15, 0.2) is 11.5 Å². The van der Waals surface area contributed by atoms with E-state index in [0.29, 0.717) is 59.0 Å². The Balaban J connectivity index is 1.79. The summed E-state index contributed by atoms with van der Waals surface area (Å²) in [6.45, 7) is 6.78. The van der Waals surface area contributed by atoms with Gasteiger partial charge in [-0.3, -0.25) is 19.2 Å². The molecule has 1 aliphatic rings. The molecule has 0 unspecified atom stereocenters. The summed E-state index contributed by atoms with van der Waals surface area (Å²) in [5, 5.41) is 11.8. The van der Waals surface area contributed by atoms with Crippen LogP contribution in [0.2, 0.25) is 0 Å². The van der Waals surface area contributed by atoms with Crippen molar-refractivity contribution in [1.29, 1.82) is 0 Å². The van der Waals surface area contributed by atoms with Gasteiger partial charge in [-0.2, -0.15) is 0 Å². The lowest BCUT2D eigenvalue weighted by Gasteiger charge is -2.24. The molecular formula is C35H42N4O7. The highest BCUT2D eigenvalue weighted by atomic mass is 16.5. The number of aryl methyl sites for hydroxylation is 1. The molecule has 3 aromatic carbocycles. The number of fused-ring (bicyclic) bond motifs is 3. The molecule has 244 valence electrons. The van der Waals surface area contributed by atoms with Crippen LogP contribution in [-0.2, 0) is 20.8 Å². The maximum atomic E-state index is 13.9. The molecule has 0 heterocycles. The van der Waals surface area contributed by atoms with Crippen molar-refractivity contribution in [2.45, 2.75) is 59.0 Å². The number of carbonyl (C=O) groups excluding carboxylic acids is 3. The average molecular weight is 631 g/mol. The van der Waals surface area contributed by atoms with E-state index in [1.807, 2.05) is 26.0 Å². The number of ether oxygens (including phenoxy) is 3. The quantitative estimate of drug-likeness (QED) is 0.224. The summed E-state index contributed by atoms with van der Waals surface area (Å²) in [7, 11) is 4.64. The third-order valence-electron chi connectivity index (χ3n) is 8.20. The molecule has 0 fully saturated rings. The van der Waals surface area contributed by atoms with Gasteiger partial charge in [0.05, 0.1) is 33.1 Å². The van der Waals surface area contributed by atoms with Crippen LogP contribution in [0.4, 0.5) is 17.1 Å². The number of hydrogen-bond acceptors (Lipinski definition) is 8. The lowest BCUT2D eigenvalue weighted by molar-refractivity contribution is -0.120. The molecule has 11 heteroatoms. The molecule has 46 heavy (non-hydrogen) atoms. The maximum Gasteiger partial charge on any atom is 0.247 e. The number of rotatable bonds is 11. The van der Waals surface area contributed by atoms with Gasteiger partial charge in [-0.15, -0.1) is 0 Å². The number of benzene rings is 2. The minimum absolute atomic E-state index is 0.133. The summed E-state index contributed by atoms with van der Waals surface area (Å²) < 4.78 is 17.1. The molecule has 1 aliphatic carbocycles. The number of carbonyl (C=O) groups is 3. The fraction of sp³-hybridized carbons (Fsp3) is 0.371. The van der Waals surface area contributed by atoms with Gasteiger partial charge < -0.3 is 35.5 Å². The van der Waals surface area contributed by atoms with Gasteiger partial charge in [-0.1, -0.05) is 26.3 Å². The predicted octanol–water partition coefficient (Wildman–Crippen LogP) is 5.29. The summed E-state index contributed by atoms with van der Waals surface area (Å²) >= 11 is 0. The first-order valence-electron chi connectivity index (χ1n) is 15.2. The molecule has 4 rings (SSSR count). The summed E-state index contributed by atoms with van der Waals surface area (Å²) in [5.41, 5.74) is 4.04. The van der Waals surface area contributed by atoms with Crippen molar-refractivity contribution in [3.8, 4) is 28.4 Å². The number of amides is 3. The standard InChI is InChI=1S/C35H42N4O7/c1-8-19(2)32(35(43)38-24-12-10-23(11-13-24)36-20(3)40)39-28-16-14-25-26(18-29(28)42)27(37-21(4)41)15-9-22-17-30(44-5)33(45-6)34(46-7)31(22)25/h10-14,16-19,27,32H,8-9,15H2,1-7H3,(H,36,40)(H,37,41)(H,38,43)(H,39,42)/t19-,27+,32+/m1/s1. The van der Waals surface area contributed by atoms with E-state index in [4.69, 9.17) is 14.2 Å². The van der Waals surface area contributed by atoms with Gasteiger partial charge in [0.2, 0.25) is 28.9 Å². The van der Waals surface area contributed by atoms with Gasteiger partial charge >= 0.3 is 0 Å². The van der Waals surface area contributed by atoms with Crippen molar-refractivity contribution in [3.05, 3.63) is 69.9 Å². The van der Waals surface area contributed by atoms with Crippen molar-refractivity contribution in [2.75, 3.05) is 37.3 Å². The topological polar surface area (TPSA) is 144 Å². The third kappa shape index (κ3) is 7.42. The molecule has 11 nitrogen and oxygen atoms in total. The molecule has 4 N–H and O–H groups in total. The lowest BCUT2D eigenvalue weighted by atomic mass is 9.95. The third-order valence-corrected chi connectivity index (χ3v) is 8.20. The van der Waals surface area contributed by atoms with Crippen LogP contribution in [0, 0.1) is 5.92 Å². The second kappa shape index (κ2) is 14.8. The van der Waals surface area contributed by atoms with Gasteiger partial charge in [-0.25, -0.2) is 0 Å². The largest absolute Gasteiger partial charge is 0.493 e. The van der Waals surface area contributed by atoms with Crippen LogP contribution < -0.4 is 40.9 Å². The van der Waals surface area contributed by atoms with Crippen LogP contribution in [0.3, 0.4) is 0 Å². The van der Waals surface area contributed by atoms with E-state index in [1.165, 1.54) is 27.0 Å². The minimum atomic E-state index is -0.743. The molecule has 0 radical (unpaired) electrons. The highest BCUT2D eigenvalue weighted by Crippen LogP contribution is 2.50. The fourth-order valence-corrected chi connectivity index (χ4v) is 5.76. The van der Waals surface area contributed by atoms with Crippen LogP contribution in [0.25, 0.3) is 11.1 Å². The normalized spacial score (nSPS) is 14.7. The van der Waals surface area contributed by atoms with E-state index in [2.05, 4.69) is 21.3 Å². The lowest BCUT2D eigenvalue weighted by Crippen LogP contribution is -2.40. The minimum Gasteiger partial charge on any atom is -0.493 e. The van der Waals surface area contributed by atoms with Gasteiger partial charge in [0.1, 0.15) is 6.04 Å². The molecule has 3 atom stereocenters. The second-order valence-electron chi connectivity index (χ2n) is 11.4. The van der Waals surface area contributed by atoms with E-state index < -0.39 is 12.1 Å². The number of nitrogens with one attached hydrogen (secondary N) is 4. The van der Waals surface area contributed by atoms with Crippen LogP contribution in [-0.4, -0.2) is 45.1 Å². The molecule has 3 amide bonds. The van der Waals surface area contributed by atoms with Crippen molar-refractivity contribution < 1.29 is 28.6 Å². The monoisotopic (exact) mass is 630 g/mol. The summed E-state index contributed by atoms with van der Waals surface area (Å²) in [6, 6.07) is 12.5. The fourth-order valence-electron chi connectivity index (χ4n) is 5.76. The summed E-state index contributed by atoms with van der Waals surface area (Å²) in [4.78, 5) is 51.1. The zero-order valence-electron chi connectivity index (χ0n) is 27.3. The van der Waals surface area contributed by atoms with Crippen molar-refractivity contribution >= 4 is 34.8 Å². The molecule has 0 aromatic heterocycles. The zero-order valence-corrected chi connectivity index (χ0v) is 27.3. The van der Waals surface area contributed by atoms with Gasteiger partial charge in [0, 0.05) is 30.8 Å². The summed E-state index contributed by atoms with van der Waals surface area (Å²) in [6.07, 6.45) is 1.78. The second-order valence-corrected chi connectivity index (χ2v) is 11.4. The first-order valence-corrected chi connectivity index (χ1v) is 15.2. The van der Waals surface area contributed by atoms with E-state index in [9.17, 15) is 19.2 Å². The number of hydrogen-bond donors (Lipinski definition) is 4. The van der Waals surface area contributed by atoms with Crippen LogP contribution >= 0.6 is 0 Å². The Labute approximate surface area is 269 Å². The Kier molecular flexibility index (Phi) is 10.9. The number of methoxy groups -OCH3 is 3. The number of anilines is 3. The highest BCUT2D eigenvalue weighted by Gasteiger charge is 2.30. The van der Waals surface area contributed by atoms with Crippen molar-refractivity contribution in [1.82, 2.24) is 5.32 Å².